The van der Waals surface area contributed by atoms with E-state index in [9.17, 15) is 4.79 Å². The largest absolute Gasteiger partial charge is 0.338 e. The van der Waals surface area contributed by atoms with Gasteiger partial charge in [0.25, 0.3) is 0 Å². The number of carbonyl (C=O) groups is 1. The van der Waals surface area contributed by atoms with Gasteiger partial charge in [0, 0.05) is 18.3 Å². The summed E-state index contributed by atoms with van der Waals surface area (Å²) in [6.45, 7) is 4.07. The van der Waals surface area contributed by atoms with Gasteiger partial charge in [0.15, 0.2) is 0 Å². The van der Waals surface area contributed by atoms with Gasteiger partial charge < -0.3 is 10.2 Å². The molecule has 1 aromatic heterocycles. The number of carbonyl (C=O) groups excluding carboxylic acids is 1. The van der Waals surface area contributed by atoms with Gasteiger partial charge in [0.1, 0.15) is 0 Å². The van der Waals surface area contributed by atoms with Gasteiger partial charge in [-0.2, -0.15) is 0 Å². The number of hydrogen-bond acceptors (Lipinski definition) is 3. The lowest BCUT2D eigenvalue weighted by Gasteiger charge is -2.30. The number of thiophene rings is 1. The Kier molecular flexibility index (Phi) is 3.61. The number of hydrogen-bond donors (Lipinski definition) is 1. The van der Waals surface area contributed by atoms with E-state index < -0.39 is 0 Å². The molecule has 1 unspecified atom stereocenters. The predicted octanol–water partition coefficient (Wildman–Crippen LogP) is 1.88. The van der Waals surface area contributed by atoms with Crippen LogP contribution < -0.4 is 5.32 Å². The molecule has 1 amide bonds. The molecule has 1 fully saturated rings. The fourth-order valence-electron chi connectivity index (χ4n) is 1.82. The summed E-state index contributed by atoms with van der Waals surface area (Å²) in [4.78, 5) is 15.1. The molecule has 1 saturated heterocycles. The van der Waals surface area contributed by atoms with Crippen LogP contribution in [0.15, 0.2) is 17.5 Å². The van der Waals surface area contributed by atoms with E-state index in [1.807, 2.05) is 18.0 Å². The number of rotatable bonds is 4. The van der Waals surface area contributed by atoms with E-state index in [4.69, 9.17) is 0 Å². The third kappa shape index (κ3) is 2.44. The van der Waals surface area contributed by atoms with Crippen LogP contribution in [0.2, 0.25) is 0 Å². The molecule has 0 radical (unpaired) electrons. The van der Waals surface area contributed by atoms with Crippen LogP contribution in [0.3, 0.4) is 0 Å². The minimum atomic E-state index is 0.195. The summed E-state index contributed by atoms with van der Waals surface area (Å²) in [6.07, 6.45) is 0.680. The van der Waals surface area contributed by atoms with Crippen molar-refractivity contribution in [2.45, 2.75) is 19.4 Å². The normalized spacial score (nSPS) is 17.9. The van der Waals surface area contributed by atoms with Crippen LogP contribution in [0.5, 0.6) is 0 Å². The van der Waals surface area contributed by atoms with E-state index in [0.717, 1.165) is 13.1 Å². The molecule has 1 aromatic rings. The highest BCUT2D eigenvalue weighted by molar-refractivity contribution is 7.10. The molecule has 4 heteroatoms. The zero-order valence-corrected chi connectivity index (χ0v) is 10.6. The maximum absolute atomic E-state index is 12.0. The van der Waals surface area contributed by atoms with Gasteiger partial charge in [-0.05, 0) is 37.4 Å². The molecule has 0 aliphatic carbocycles. The molecule has 0 saturated carbocycles. The summed E-state index contributed by atoms with van der Waals surface area (Å²) in [5, 5.41) is 5.25. The van der Waals surface area contributed by atoms with Crippen LogP contribution in [0, 0.1) is 5.92 Å². The molecule has 1 aliphatic heterocycles. The first kappa shape index (κ1) is 11.6. The fraction of sp³-hybridized carbons (Fsp3) is 0.583. The van der Waals surface area contributed by atoms with Crippen LogP contribution in [-0.2, 0) is 4.79 Å². The molecule has 1 aliphatic rings. The molecule has 3 nitrogen and oxygen atoms in total. The van der Waals surface area contributed by atoms with Gasteiger partial charge >= 0.3 is 0 Å². The van der Waals surface area contributed by atoms with Crippen molar-refractivity contribution in [3.63, 3.8) is 0 Å². The number of nitrogens with zero attached hydrogens (tertiary/aromatic N) is 1. The molecule has 16 heavy (non-hydrogen) atoms. The second-order valence-electron chi connectivity index (χ2n) is 4.42. The Morgan fingerprint density at radius 1 is 1.69 bits per heavy atom. The highest BCUT2D eigenvalue weighted by Gasteiger charge is 2.24. The molecule has 0 aromatic carbocycles. The Morgan fingerprint density at radius 3 is 2.94 bits per heavy atom. The van der Waals surface area contributed by atoms with E-state index >= 15 is 0 Å². The first-order valence-electron chi connectivity index (χ1n) is 5.68. The maximum Gasteiger partial charge on any atom is 0.223 e. The van der Waals surface area contributed by atoms with Crippen molar-refractivity contribution in [3.05, 3.63) is 22.4 Å². The average Bonchev–Trinajstić information content (AvgIpc) is 2.74. The maximum atomic E-state index is 12.0. The number of amides is 1. The van der Waals surface area contributed by atoms with E-state index in [0.29, 0.717) is 12.3 Å². The third-order valence-electron chi connectivity index (χ3n) is 3.26. The number of nitrogens with one attached hydrogen (secondary N) is 1. The third-order valence-corrected chi connectivity index (χ3v) is 4.30. The molecule has 0 spiro atoms. The minimum absolute atomic E-state index is 0.195. The minimum Gasteiger partial charge on any atom is -0.338 e. The van der Waals surface area contributed by atoms with Gasteiger partial charge in [-0.15, -0.1) is 11.3 Å². The lowest BCUT2D eigenvalue weighted by molar-refractivity contribution is -0.133. The second-order valence-corrected chi connectivity index (χ2v) is 5.40. The van der Waals surface area contributed by atoms with E-state index in [2.05, 4.69) is 23.7 Å². The van der Waals surface area contributed by atoms with Crippen LogP contribution in [-0.4, -0.2) is 30.9 Å². The monoisotopic (exact) mass is 238 g/mol. The van der Waals surface area contributed by atoms with E-state index in [1.54, 1.807) is 11.3 Å². The van der Waals surface area contributed by atoms with E-state index in [1.165, 1.54) is 4.88 Å². The van der Waals surface area contributed by atoms with Crippen molar-refractivity contribution in [2.24, 2.45) is 5.92 Å². The van der Waals surface area contributed by atoms with Crippen molar-refractivity contribution < 1.29 is 4.79 Å². The van der Waals surface area contributed by atoms with Crippen LogP contribution in [0.1, 0.15) is 24.3 Å². The molecule has 0 bridgehead atoms. The first-order chi connectivity index (χ1) is 7.68. The zero-order valence-electron chi connectivity index (χ0n) is 9.77. The SMILES string of the molecule is CC(c1cccs1)N(C)C(=O)CC1CNC1. The molecule has 88 valence electrons. The highest BCUT2D eigenvalue weighted by atomic mass is 32.1. The average molecular weight is 238 g/mol. The first-order valence-corrected chi connectivity index (χ1v) is 6.56. The smallest absolute Gasteiger partial charge is 0.223 e. The van der Waals surface area contributed by atoms with Gasteiger partial charge in [-0.3, -0.25) is 4.79 Å². The Bertz CT molecular complexity index is 346. The van der Waals surface area contributed by atoms with E-state index in [-0.39, 0.29) is 11.9 Å². The molecule has 1 atom stereocenters. The van der Waals surface area contributed by atoms with Gasteiger partial charge in [0.2, 0.25) is 5.91 Å². The lowest BCUT2D eigenvalue weighted by atomic mass is 9.98. The molecule has 1 N–H and O–H groups in total. The molecular weight excluding hydrogens is 220 g/mol. The fourth-order valence-corrected chi connectivity index (χ4v) is 2.65. The Labute approximate surface area is 100 Å². The van der Waals surface area contributed by atoms with Crippen molar-refractivity contribution in [3.8, 4) is 0 Å². The highest BCUT2D eigenvalue weighted by Crippen LogP contribution is 2.24. The lowest BCUT2D eigenvalue weighted by Crippen LogP contribution is -2.45. The summed E-state index contributed by atoms with van der Waals surface area (Å²) in [5.41, 5.74) is 0. The molecular formula is C12H18N2OS. The topological polar surface area (TPSA) is 32.3 Å². The standard InChI is InChI=1S/C12H18N2OS/c1-9(11-4-3-5-16-11)14(2)12(15)6-10-7-13-8-10/h3-5,9-10,13H,6-8H2,1-2H3. The van der Waals surface area contributed by atoms with Crippen molar-refractivity contribution in [1.29, 1.82) is 0 Å². The molecule has 2 heterocycles. The van der Waals surface area contributed by atoms with Gasteiger partial charge in [-0.1, -0.05) is 6.07 Å². The Morgan fingerprint density at radius 2 is 2.44 bits per heavy atom. The summed E-state index contributed by atoms with van der Waals surface area (Å²) >= 11 is 1.71. The summed E-state index contributed by atoms with van der Waals surface area (Å²) < 4.78 is 0. The summed E-state index contributed by atoms with van der Waals surface area (Å²) in [6, 6.07) is 4.31. The Balaban J connectivity index is 1.90. The van der Waals surface area contributed by atoms with Gasteiger partial charge in [0.05, 0.1) is 6.04 Å². The molecule has 2 rings (SSSR count). The quantitative estimate of drug-likeness (QED) is 0.868. The van der Waals surface area contributed by atoms with Crippen molar-refractivity contribution >= 4 is 17.2 Å². The summed E-state index contributed by atoms with van der Waals surface area (Å²) in [5.74, 6) is 0.804. The van der Waals surface area contributed by atoms with Crippen LogP contribution in [0.25, 0.3) is 0 Å². The van der Waals surface area contributed by atoms with Crippen LogP contribution in [0.4, 0.5) is 0 Å². The Hall–Kier alpha value is -0.870. The van der Waals surface area contributed by atoms with Crippen molar-refractivity contribution in [1.82, 2.24) is 10.2 Å². The van der Waals surface area contributed by atoms with Crippen LogP contribution >= 0.6 is 11.3 Å². The predicted molar refractivity (Wildman–Crippen MR) is 66.5 cm³/mol. The second kappa shape index (κ2) is 4.97. The van der Waals surface area contributed by atoms with Crippen molar-refractivity contribution in [2.75, 3.05) is 20.1 Å². The summed E-state index contributed by atoms with van der Waals surface area (Å²) in [7, 11) is 1.90. The zero-order chi connectivity index (χ0) is 11.5. The van der Waals surface area contributed by atoms with Gasteiger partial charge in [-0.25, -0.2) is 0 Å².